The van der Waals surface area contributed by atoms with Crippen molar-refractivity contribution in [2.24, 2.45) is 0 Å². The molecule has 3 rings (SSSR count). The lowest BCUT2D eigenvalue weighted by atomic mass is 10.2. The Hall–Kier alpha value is -1.50. The van der Waals surface area contributed by atoms with Crippen LogP contribution in [0.15, 0.2) is 36.8 Å². The maximum atomic E-state index is 4.43. The Balaban J connectivity index is 2.23. The average molecular weight is 322 g/mol. The second-order valence-electron chi connectivity index (χ2n) is 3.33. The molecule has 16 heavy (non-hydrogen) atoms. The molecule has 0 saturated carbocycles. The van der Waals surface area contributed by atoms with Crippen LogP contribution in [0.1, 0.15) is 0 Å². The monoisotopic (exact) mass is 322 g/mol. The molecule has 0 unspecified atom stereocenters. The molecule has 4 nitrogen and oxygen atoms in total. The van der Waals surface area contributed by atoms with Crippen molar-refractivity contribution < 1.29 is 0 Å². The van der Waals surface area contributed by atoms with Crippen molar-refractivity contribution in [2.75, 3.05) is 0 Å². The Labute approximate surface area is 105 Å². The largest absolute Gasteiger partial charge is 0.335 e. The van der Waals surface area contributed by atoms with Gasteiger partial charge in [-0.05, 0) is 28.7 Å². The van der Waals surface area contributed by atoms with E-state index >= 15 is 0 Å². The van der Waals surface area contributed by atoms with Crippen molar-refractivity contribution in [2.45, 2.75) is 0 Å². The third-order valence-electron chi connectivity index (χ3n) is 2.29. The van der Waals surface area contributed by atoms with Gasteiger partial charge < -0.3 is 4.98 Å². The van der Waals surface area contributed by atoms with Crippen LogP contribution in [0.3, 0.4) is 0 Å². The Morgan fingerprint density at radius 1 is 1.19 bits per heavy atom. The van der Waals surface area contributed by atoms with Crippen LogP contribution < -0.4 is 0 Å². The number of fused-ring (bicyclic) bond motifs is 1. The van der Waals surface area contributed by atoms with Crippen molar-refractivity contribution in [3.8, 4) is 11.4 Å². The van der Waals surface area contributed by atoms with E-state index in [2.05, 4.69) is 48.6 Å². The predicted molar refractivity (Wildman–Crippen MR) is 69.8 cm³/mol. The highest BCUT2D eigenvalue weighted by atomic mass is 127. The molecule has 2 aromatic heterocycles. The highest BCUT2D eigenvalue weighted by Crippen LogP contribution is 2.23. The van der Waals surface area contributed by atoms with Gasteiger partial charge in [-0.25, -0.2) is 15.0 Å². The van der Waals surface area contributed by atoms with Gasteiger partial charge in [-0.15, -0.1) is 0 Å². The van der Waals surface area contributed by atoms with Crippen molar-refractivity contribution in [3.05, 3.63) is 40.4 Å². The topological polar surface area (TPSA) is 54.5 Å². The Morgan fingerprint density at radius 3 is 2.88 bits per heavy atom. The summed E-state index contributed by atoms with van der Waals surface area (Å²) in [6.07, 6.45) is 3.23. The van der Waals surface area contributed by atoms with Gasteiger partial charge in [0, 0.05) is 9.13 Å². The van der Waals surface area contributed by atoms with Gasteiger partial charge in [0.1, 0.15) is 17.7 Å². The summed E-state index contributed by atoms with van der Waals surface area (Å²) < 4.78 is 1.16. The van der Waals surface area contributed by atoms with E-state index in [0.717, 1.165) is 20.5 Å². The maximum absolute atomic E-state index is 4.43. The van der Waals surface area contributed by atoms with E-state index in [1.54, 1.807) is 6.20 Å². The predicted octanol–water partition coefficient (Wildman–Crippen LogP) is 2.62. The average Bonchev–Trinajstić information content (AvgIpc) is 2.73. The minimum absolute atomic E-state index is 0.699. The third-order valence-corrected chi connectivity index (χ3v) is 3.23. The van der Waals surface area contributed by atoms with Crippen molar-refractivity contribution in [1.82, 2.24) is 19.9 Å². The number of H-pyrrole nitrogens is 1. The molecule has 0 amide bonds. The van der Waals surface area contributed by atoms with E-state index in [9.17, 15) is 0 Å². The van der Waals surface area contributed by atoms with Crippen molar-refractivity contribution in [1.29, 1.82) is 0 Å². The van der Waals surface area contributed by atoms with Gasteiger partial charge >= 0.3 is 0 Å². The van der Waals surface area contributed by atoms with E-state index in [1.165, 1.54) is 6.33 Å². The maximum Gasteiger partial charge on any atom is 0.181 e. The van der Waals surface area contributed by atoms with Gasteiger partial charge in [-0.1, -0.05) is 18.2 Å². The molecule has 0 saturated heterocycles. The van der Waals surface area contributed by atoms with Gasteiger partial charge in [0.2, 0.25) is 0 Å². The number of aromatic amines is 1. The molecule has 0 spiro atoms. The van der Waals surface area contributed by atoms with E-state index in [-0.39, 0.29) is 0 Å². The van der Waals surface area contributed by atoms with E-state index < -0.39 is 0 Å². The van der Waals surface area contributed by atoms with E-state index in [0.29, 0.717) is 5.65 Å². The number of imidazole rings is 1. The van der Waals surface area contributed by atoms with Gasteiger partial charge in [0.25, 0.3) is 0 Å². The van der Waals surface area contributed by atoms with Crippen LogP contribution in [0, 0.1) is 3.57 Å². The van der Waals surface area contributed by atoms with Crippen LogP contribution in [-0.4, -0.2) is 19.9 Å². The minimum Gasteiger partial charge on any atom is -0.335 e. The first-order valence-corrected chi connectivity index (χ1v) is 5.83. The number of hydrogen-bond donors (Lipinski definition) is 1. The molecular formula is C11H7IN4. The van der Waals surface area contributed by atoms with Crippen LogP contribution in [0.4, 0.5) is 0 Å². The van der Waals surface area contributed by atoms with Crippen molar-refractivity contribution in [3.63, 3.8) is 0 Å². The fourth-order valence-electron chi connectivity index (χ4n) is 1.54. The number of hydrogen-bond acceptors (Lipinski definition) is 3. The minimum atomic E-state index is 0.699. The Bertz CT molecular complexity index is 614. The smallest absolute Gasteiger partial charge is 0.181 e. The van der Waals surface area contributed by atoms with Gasteiger partial charge in [0.05, 0.1) is 6.20 Å². The number of benzene rings is 1. The molecule has 0 radical (unpaired) electrons. The molecule has 78 valence electrons. The van der Waals surface area contributed by atoms with Crippen molar-refractivity contribution >= 4 is 33.8 Å². The van der Waals surface area contributed by atoms with E-state index in [4.69, 9.17) is 0 Å². The van der Waals surface area contributed by atoms with Crippen LogP contribution in [0.5, 0.6) is 0 Å². The Kier molecular flexibility index (Phi) is 2.32. The standard InChI is InChI=1S/C11H7IN4/c12-8-4-2-1-3-7(8)10-15-9-5-13-6-14-11(9)16-10/h1-6H,(H,13,14,15,16). The van der Waals surface area contributed by atoms with Crippen LogP contribution in [0.2, 0.25) is 0 Å². The zero-order chi connectivity index (χ0) is 11.0. The first-order chi connectivity index (χ1) is 7.84. The second-order valence-corrected chi connectivity index (χ2v) is 4.49. The van der Waals surface area contributed by atoms with E-state index in [1.807, 2.05) is 18.2 Å². The second kappa shape index (κ2) is 3.82. The van der Waals surface area contributed by atoms with Gasteiger partial charge in [-0.3, -0.25) is 0 Å². The fourth-order valence-corrected chi connectivity index (χ4v) is 2.19. The fraction of sp³-hybridized carbons (Fsp3) is 0. The molecule has 0 aliphatic rings. The SMILES string of the molecule is Ic1ccccc1-c1nc2ncncc2[nH]1. The number of nitrogens with zero attached hydrogens (tertiary/aromatic N) is 3. The molecule has 1 aromatic carbocycles. The third kappa shape index (κ3) is 1.57. The molecule has 0 aliphatic carbocycles. The highest BCUT2D eigenvalue weighted by molar-refractivity contribution is 14.1. The number of rotatable bonds is 1. The van der Waals surface area contributed by atoms with Crippen LogP contribution in [-0.2, 0) is 0 Å². The normalized spacial score (nSPS) is 10.8. The summed E-state index contributed by atoms with van der Waals surface area (Å²) in [4.78, 5) is 15.7. The van der Waals surface area contributed by atoms with Crippen LogP contribution in [0.25, 0.3) is 22.6 Å². The van der Waals surface area contributed by atoms with Gasteiger partial charge in [0.15, 0.2) is 5.65 Å². The molecule has 1 N–H and O–H groups in total. The molecule has 2 heterocycles. The number of halogens is 1. The quantitative estimate of drug-likeness (QED) is 0.701. The summed E-state index contributed by atoms with van der Waals surface area (Å²) in [7, 11) is 0. The number of aromatic nitrogens is 4. The lowest BCUT2D eigenvalue weighted by molar-refractivity contribution is 1.20. The lowest BCUT2D eigenvalue weighted by Crippen LogP contribution is -1.83. The summed E-state index contributed by atoms with van der Waals surface area (Å²) in [5.74, 6) is 0.834. The summed E-state index contributed by atoms with van der Waals surface area (Å²) in [5.41, 5.74) is 2.64. The molecular weight excluding hydrogens is 315 g/mol. The molecule has 0 bridgehead atoms. The summed E-state index contributed by atoms with van der Waals surface area (Å²) in [6, 6.07) is 8.09. The molecule has 3 aromatic rings. The number of nitrogens with one attached hydrogen (secondary N) is 1. The zero-order valence-electron chi connectivity index (χ0n) is 8.18. The molecule has 5 heteroatoms. The first-order valence-electron chi connectivity index (χ1n) is 4.75. The molecule has 0 atom stereocenters. The van der Waals surface area contributed by atoms with Crippen LogP contribution >= 0.6 is 22.6 Å². The zero-order valence-corrected chi connectivity index (χ0v) is 10.3. The summed E-state index contributed by atoms with van der Waals surface area (Å²) >= 11 is 2.29. The highest BCUT2D eigenvalue weighted by Gasteiger charge is 2.08. The lowest BCUT2D eigenvalue weighted by Gasteiger charge is -1.98. The summed E-state index contributed by atoms with van der Waals surface area (Å²) in [6.45, 7) is 0. The summed E-state index contributed by atoms with van der Waals surface area (Å²) in [5, 5.41) is 0. The molecule has 0 aliphatic heterocycles. The van der Waals surface area contributed by atoms with Gasteiger partial charge in [-0.2, -0.15) is 0 Å². The molecule has 0 fully saturated rings. The first kappa shape index (κ1) is 9.71. The Morgan fingerprint density at radius 2 is 2.06 bits per heavy atom.